The zero-order valence-electron chi connectivity index (χ0n) is 15.2. The number of alkyl halides is 3. The van der Waals surface area contributed by atoms with Gasteiger partial charge < -0.3 is 0 Å². The van der Waals surface area contributed by atoms with Gasteiger partial charge in [0.15, 0.2) is 15.5 Å². The van der Waals surface area contributed by atoms with Crippen molar-refractivity contribution in [2.24, 2.45) is 0 Å². The van der Waals surface area contributed by atoms with Gasteiger partial charge in [-0.3, -0.25) is 4.98 Å². The van der Waals surface area contributed by atoms with Crippen molar-refractivity contribution >= 4 is 15.5 Å². The lowest BCUT2D eigenvalue weighted by molar-refractivity contribution is -0.137. The number of imidazole rings is 1. The molecule has 0 aliphatic carbocycles. The minimum Gasteiger partial charge on any atom is -0.263 e. The average molecular weight is 430 g/mol. The molecule has 0 aliphatic rings. The molecule has 0 aliphatic heterocycles. The molecule has 30 heavy (non-hydrogen) atoms. The van der Waals surface area contributed by atoms with Gasteiger partial charge in [0.25, 0.3) is 0 Å². The second kappa shape index (κ2) is 7.06. The van der Waals surface area contributed by atoms with Crippen molar-refractivity contribution in [2.45, 2.75) is 11.1 Å². The van der Waals surface area contributed by atoms with Crippen LogP contribution in [-0.2, 0) is 16.0 Å². The number of fused-ring (bicyclic) bond motifs is 1. The third-order valence-corrected chi connectivity index (χ3v) is 5.79. The Morgan fingerprint density at radius 3 is 2.37 bits per heavy atom. The first kappa shape index (κ1) is 19.8. The van der Waals surface area contributed by atoms with Crippen molar-refractivity contribution in [1.29, 1.82) is 0 Å². The second-order valence-corrected chi connectivity index (χ2v) is 8.22. The lowest BCUT2D eigenvalue weighted by Crippen LogP contribution is -2.06. The second-order valence-electron chi connectivity index (χ2n) is 6.33. The van der Waals surface area contributed by atoms with Gasteiger partial charge in [0, 0.05) is 28.9 Å². The first-order valence-electron chi connectivity index (χ1n) is 8.54. The van der Waals surface area contributed by atoms with Crippen LogP contribution in [0.3, 0.4) is 0 Å². The highest BCUT2D eigenvalue weighted by atomic mass is 32.2. The normalized spacial score (nSPS) is 12.2. The van der Waals surface area contributed by atoms with Crippen LogP contribution in [0.15, 0.2) is 77.9 Å². The van der Waals surface area contributed by atoms with Gasteiger partial charge in [-0.15, -0.1) is 0 Å². The fourth-order valence-corrected chi connectivity index (χ4v) is 3.58. The number of sulfone groups is 1. The van der Waals surface area contributed by atoms with E-state index in [-0.39, 0.29) is 16.2 Å². The number of halogens is 3. The Labute approximate surface area is 169 Å². The summed E-state index contributed by atoms with van der Waals surface area (Å²) < 4.78 is 64.2. The SMILES string of the molecule is C=CS(=O)(=O)c1ccc(-c2cnc3ccc(-c4cncc(C(F)(F)F)c4)nn23)cc1. The van der Waals surface area contributed by atoms with Crippen molar-refractivity contribution in [3.63, 3.8) is 0 Å². The molecule has 0 N–H and O–H groups in total. The summed E-state index contributed by atoms with van der Waals surface area (Å²) in [6.45, 7) is 3.29. The van der Waals surface area contributed by atoms with Gasteiger partial charge in [0.2, 0.25) is 0 Å². The van der Waals surface area contributed by atoms with E-state index in [2.05, 4.69) is 21.6 Å². The Morgan fingerprint density at radius 1 is 0.967 bits per heavy atom. The molecule has 0 radical (unpaired) electrons. The fraction of sp³-hybridized carbons (Fsp3) is 0.0500. The first-order valence-corrected chi connectivity index (χ1v) is 10.1. The van der Waals surface area contributed by atoms with E-state index in [9.17, 15) is 21.6 Å². The molecule has 152 valence electrons. The van der Waals surface area contributed by atoms with Crippen LogP contribution in [0.5, 0.6) is 0 Å². The molecule has 6 nitrogen and oxygen atoms in total. The maximum absolute atomic E-state index is 13.0. The monoisotopic (exact) mass is 430 g/mol. The molecule has 3 heterocycles. The van der Waals surface area contributed by atoms with E-state index in [0.29, 0.717) is 16.9 Å². The lowest BCUT2D eigenvalue weighted by atomic mass is 10.1. The molecule has 4 rings (SSSR count). The van der Waals surface area contributed by atoms with Gasteiger partial charge in [0.1, 0.15) is 0 Å². The molecule has 0 spiro atoms. The molecule has 1 aromatic carbocycles. The Hall–Kier alpha value is -3.53. The summed E-state index contributed by atoms with van der Waals surface area (Å²) in [6.07, 6.45) is -0.910. The quantitative estimate of drug-likeness (QED) is 0.480. The minimum absolute atomic E-state index is 0.0961. The van der Waals surface area contributed by atoms with Gasteiger partial charge in [-0.1, -0.05) is 18.7 Å². The number of rotatable bonds is 4. The van der Waals surface area contributed by atoms with Crippen LogP contribution in [0.25, 0.3) is 28.2 Å². The van der Waals surface area contributed by atoms with Crippen molar-refractivity contribution in [3.8, 4) is 22.5 Å². The molecular weight excluding hydrogens is 417 g/mol. The summed E-state index contributed by atoms with van der Waals surface area (Å²) in [5, 5.41) is 5.27. The van der Waals surface area contributed by atoms with Crippen molar-refractivity contribution < 1.29 is 21.6 Å². The molecule has 0 atom stereocenters. The van der Waals surface area contributed by atoms with Gasteiger partial charge in [-0.05, 0) is 30.3 Å². The third-order valence-electron chi connectivity index (χ3n) is 4.42. The van der Waals surface area contributed by atoms with Gasteiger partial charge >= 0.3 is 6.18 Å². The molecule has 0 saturated carbocycles. The highest BCUT2D eigenvalue weighted by molar-refractivity contribution is 7.94. The number of hydrogen-bond acceptors (Lipinski definition) is 5. The number of nitrogens with zero attached hydrogens (tertiary/aromatic N) is 4. The van der Waals surface area contributed by atoms with E-state index in [1.165, 1.54) is 22.8 Å². The van der Waals surface area contributed by atoms with Gasteiger partial charge in [-0.25, -0.2) is 17.9 Å². The van der Waals surface area contributed by atoms with E-state index in [1.54, 1.807) is 30.5 Å². The molecule has 4 aromatic rings. The van der Waals surface area contributed by atoms with Gasteiger partial charge in [0.05, 0.1) is 28.0 Å². The fourth-order valence-electron chi connectivity index (χ4n) is 2.87. The molecular formula is C20H13F3N4O2S. The maximum atomic E-state index is 13.0. The van der Waals surface area contributed by atoms with Crippen LogP contribution in [0, 0.1) is 0 Å². The number of aromatic nitrogens is 4. The highest BCUT2D eigenvalue weighted by Gasteiger charge is 2.31. The van der Waals surface area contributed by atoms with Crippen LogP contribution in [0.1, 0.15) is 5.56 Å². The Bertz CT molecular complexity index is 1360. The summed E-state index contributed by atoms with van der Waals surface area (Å²) in [5.74, 6) is 0. The largest absolute Gasteiger partial charge is 0.417 e. The van der Waals surface area contributed by atoms with Crippen molar-refractivity contribution in [1.82, 2.24) is 19.6 Å². The zero-order valence-corrected chi connectivity index (χ0v) is 16.0. The Balaban J connectivity index is 1.79. The number of benzene rings is 1. The van der Waals surface area contributed by atoms with Crippen molar-refractivity contribution in [2.75, 3.05) is 0 Å². The Morgan fingerprint density at radius 2 is 1.70 bits per heavy atom. The standard InChI is InChI=1S/C20H13F3N4O2S/c1-2-30(28,29)16-5-3-13(4-6-16)18-12-25-19-8-7-17(26-27(18)19)14-9-15(11-24-10-14)20(21,22)23/h2-12H,1H2. The third kappa shape index (κ3) is 3.57. The number of pyridine rings is 1. The predicted molar refractivity (Wildman–Crippen MR) is 104 cm³/mol. The Kier molecular flexibility index (Phi) is 4.65. The molecule has 0 amide bonds. The molecule has 0 bridgehead atoms. The predicted octanol–water partition coefficient (Wildman–Crippen LogP) is 4.39. The smallest absolute Gasteiger partial charge is 0.263 e. The molecule has 0 saturated heterocycles. The van der Waals surface area contributed by atoms with Crippen LogP contribution in [0.4, 0.5) is 13.2 Å². The van der Waals surface area contributed by atoms with E-state index in [4.69, 9.17) is 0 Å². The van der Waals surface area contributed by atoms with E-state index >= 15 is 0 Å². The molecule has 10 heteroatoms. The van der Waals surface area contributed by atoms with Crippen LogP contribution < -0.4 is 0 Å². The minimum atomic E-state index is -4.51. The van der Waals surface area contributed by atoms with Gasteiger partial charge in [-0.2, -0.15) is 18.3 Å². The number of hydrogen-bond donors (Lipinski definition) is 0. The zero-order chi connectivity index (χ0) is 21.5. The van der Waals surface area contributed by atoms with E-state index in [0.717, 1.165) is 17.7 Å². The molecule has 3 aromatic heterocycles. The summed E-state index contributed by atoms with van der Waals surface area (Å²) in [5.41, 5.74) is 1.29. The topological polar surface area (TPSA) is 77.2 Å². The summed E-state index contributed by atoms with van der Waals surface area (Å²) in [6, 6.07) is 10.2. The molecule has 0 unspecified atom stereocenters. The lowest BCUT2D eigenvalue weighted by Gasteiger charge is -2.08. The van der Waals surface area contributed by atoms with E-state index in [1.807, 2.05) is 0 Å². The highest BCUT2D eigenvalue weighted by Crippen LogP contribution is 2.31. The van der Waals surface area contributed by atoms with Crippen molar-refractivity contribution in [3.05, 3.63) is 78.6 Å². The summed E-state index contributed by atoms with van der Waals surface area (Å²) in [7, 11) is -3.56. The van der Waals surface area contributed by atoms with E-state index < -0.39 is 21.6 Å². The summed E-state index contributed by atoms with van der Waals surface area (Å²) in [4.78, 5) is 8.01. The average Bonchev–Trinajstić information content (AvgIpc) is 3.16. The maximum Gasteiger partial charge on any atom is 0.417 e. The molecule has 0 fully saturated rings. The summed E-state index contributed by atoms with van der Waals surface area (Å²) >= 11 is 0. The van der Waals surface area contributed by atoms with Crippen LogP contribution in [-0.4, -0.2) is 28.0 Å². The van der Waals surface area contributed by atoms with Crippen LogP contribution >= 0.6 is 0 Å². The first-order chi connectivity index (χ1) is 14.2. The van der Waals surface area contributed by atoms with Crippen LogP contribution in [0.2, 0.25) is 0 Å².